The number of carbonyl (C=O) groups is 2. The molecule has 0 saturated heterocycles. The molecule has 1 rings (SSSR count). The highest BCUT2D eigenvalue weighted by Crippen LogP contribution is 2.18. The lowest BCUT2D eigenvalue weighted by Crippen LogP contribution is -2.36. The van der Waals surface area contributed by atoms with Gasteiger partial charge in [0, 0.05) is 22.3 Å². The average Bonchev–Trinajstić information content (AvgIpc) is 2.34. The molecule has 0 aliphatic carbocycles. The molecule has 2 N–H and O–H groups in total. The number of carboxylic acids is 1. The van der Waals surface area contributed by atoms with Gasteiger partial charge >= 0.3 is 12.0 Å². The summed E-state index contributed by atoms with van der Waals surface area (Å²) in [5.41, 5.74) is 1.73. The maximum Gasteiger partial charge on any atom is 0.321 e. The van der Waals surface area contributed by atoms with Crippen LogP contribution in [0.25, 0.3) is 0 Å². The van der Waals surface area contributed by atoms with Crippen LogP contribution in [0.5, 0.6) is 0 Å². The zero-order valence-electron chi connectivity index (χ0n) is 10.9. The van der Waals surface area contributed by atoms with Crippen LogP contribution in [0, 0.1) is 10.5 Å². The second-order valence-electron chi connectivity index (χ2n) is 4.11. The van der Waals surface area contributed by atoms with Crippen molar-refractivity contribution in [3.05, 3.63) is 27.3 Å². The van der Waals surface area contributed by atoms with Gasteiger partial charge in [-0.15, -0.1) is 0 Å². The molecule has 0 bridgehead atoms. The van der Waals surface area contributed by atoms with E-state index in [0.717, 1.165) is 14.8 Å². The summed E-state index contributed by atoms with van der Waals surface area (Å²) in [7, 11) is 0. The van der Waals surface area contributed by atoms with Crippen LogP contribution in [0.15, 0.2) is 18.2 Å². The molecular formula is C13H17IN2O3. The third-order valence-corrected chi connectivity index (χ3v) is 3.38. The van der Waals surface area contributed by atoms with Gasteiger partial charge in [-0.25, -0.2) is 4.79 Å². The van der Waals surface area contributed by atoms with Gasteiger partial charge in [-0.2, -0.15) is 0 Å². The van der Waals surface area contributed by atoms with Crippen LogP contribution in [-0.2, 0) is 4.79 Å². The number of anilines is 1. The second kappa shape index (κ2) is 7.32. The first-order valence-electron chi connectivity index (χ1n) is 5.98. The summed E-state index contributed by atoms with van der Waals surface area (Å²) in [5, 5.41) is 11.5. The van der Waals surface area contributed by atoms with Crippen molar-refractivity contribution in [2.24, 2.45) is 0 Å². The molecule has 0 radical (unpaired) electrons. The molecule has 104 valence electrons. The Bertz CT molecular complexity index is 477. The molecule has 0 aliphatic rings. The number of nitrogens with zero attached hydrogens (tertiary/aromatic N) is 1. The molecule has 0 fully saturated rings. The van der Waals surface area contributed by atoms with Crippen LogP contribution in [0.2, 0.25) is 0 Å². The SMILES string of the molecule is CCN(CCC(=O)O)C(=O)Nc1cc(I)ccc1C. The van der Waals surface area contributed by atoms with Crippen molar-refractivity contribution < 1.29 is 14.7 Å². The molecule has 6 heteroatoms. The fourth-order valence-electron chi connectivity index (χ4n) is 1.56. The van der Waals surface area contributed by atoms with E-state index in [4.69, 9.17) is 5.11 Å². The monoisotopic (exact) mass is 376 g/mol. The number of rotatable bonds is 5. The van der Waals surface area contributed by atoms with Crippen LogP contribution >= 0.6 is 22.6 Å². The van der Waals surface area contributed by atoms with Crippen LogP contribution in [-0.4, -0.2) is 35.1 Å². The van der Waals surface area contributed by atoms with Gasteiger partial charge in [0.2, 0.25) is 0 Å². The highest BCUT2D eigenvalue weighted by Gasteiger charge is 2.14. The fourth-order valence-corrected chi connectivity index (χ4v) is 2.05. The number of amides is 2. The molecule has 0 aliphatic heterocycles. The van der Waals surface area contributed by atoms with E-state index in [0.29, 0.717) is 6.54 Å². The Morgan fingerprint density at radius 2 is 2.11 bits per heavy atom. The van der Waals surface area contributed by atoms with E-state index in [9.17, 15) is 9.59 Å². The van der Waals surface area contributed by atoms with Crippen LogP contribution in [0.3, 0.4) is 0 Å². The van der Waals surface area contributed by atoms with Gasteiger partial charge in [0.05, 0.1) is 6.42 Å². The zero-order valence-corrected chi connectivity index (χ0v) is 13.1. The van der Waals surface area contributed by atoms with Gasteiger partial charge in [0.15, 0.2) is 0 Å². The van der Waals surface area contributed by atoms with E-state index in [2.05, 4.69) is 27.9 Å². The predicted octanol–water partition coefficient (Wildman–Crippen LogP) is 2.93. The number of nitrogens with one attached hydrogen (secondary N) is 1. The summed E-state index contributed by atoms with van der Waals surface area (Å²) < 4.78 is 1.03. The van der Waals surface area contributed by atoms with Crippen LogP contribution in [0.1, 0.15) is 18.9 Å². The van der Waals surface area contributed by atoms with Crippen molar-refractivity contribution in [2.75, 3.05) is 18.4 Å². The predicted molar refractivity (Wildman–Crippen MR) is 82.4 cm³/mol. The molecule has 0 heterocycles. The van der Waals surface area contributed by atoms with E-state index in [1.165, 1.54) is 4.90 Å². The molecule has 1 aromatic carbocycles. The summed E-state index contributed by atoms with van der Waals surface area (Å²) in [5.74, 6) is -0.906. The Morgan fingerprint density at radius 1 is 1.42 bits per heavy atom. The minimum atomic E-state index is -0.906. The van der Waals surface area contributed by atoms with Crippen molar-refractivity contribution in [3.8, 4) is 0 Å². The van der Waals surface area contributed by atoms with Crippen molar-refractivity contribution in [2.45, 2.75) is 20.3 Å². The van der Waals surface area contributed by atoms with Crippen molar-refractivity contribution >= 4 is 40.3 Å². The molecule has 0 spiro atoms. The Morgan fingerprint density at radius 3 is 2.68 bits per heavy atom. The number of urea groups is 1. The minimum absolute atomic E-state index is 0.0490. The fraction of sp³-hybridized carbons (Fsp3) is 0.385. The normalized spacial score (nSPS) is 10.1. The first-order valence-corrected chi connectivity index (χ1v) is 7.05. The number of aryl methyl sites for hydroxylation is 1. The highest BCUT2D eigenvalue weighted by atomic mass is 127. The van der Waals surface area contributed by atoms with E-state index in [1.54, 1.807) is 0 Å². The minimum Gasteiger partial charge on any atom is -0.481 e. The average molecular weight is 376 g/mol. The standard InChI is InChI=1S/C13H17IN2O3/c1-3-16(7-6-12(17)18)13(19)15-11-8-10(14)5-4-9(11)2/h4-5,8H,3,6-7H2,1-2H3,(H,15,19)(H,17,18). The van der Waals surface area contributed by atoms with Gasteiger partial charge in [0.1, 0.15) is 0 Å². The zero-order chi connectivity index (χ0) is 14.4. The number of carbonyl (C=O) groups excluding carboxylic acids is 1. The summed E-state index contributed by atoms with van der Waals surface area (Å²) in [6.45, 7) is 4.42. The van der Waals surface area contributed by atoms with Crippen molar-refractivity contribution in [3.63, 3.8) is 0 Å². The van der Waals surface area contributed by atoms with Gasteiger partial charge in [-0.1, -0.05) is 6.07 Å². The van der Waals surface area contributed by atoms with Gasteiger partial charge in [-0.05, 0) is 54.1 Å². The Labute approximate surface area is 126 Å². The number of hydrogen-bond donors (Lipinski definition) is 2. The largest absolute Gasteiger partial charge is 0.481 e. The molecule has 1 aromatic rings. The number of aliphatic carboxylic acids is 1. The van der Waals surface area contributed by atoms with E-state index >= 15 is 0 Å². The van der Waals surface area contributed by atoms with Crippen molar-refractivity contribution in [1.82, 2.24) is 4.90 Å². The van der Waals surface area contributed by atoms with E-state index < -0.39 is 5.97 Å². The molecule has 0 unspecified atom stereocenters. The first-order chi connectivity index (χ1) is 8.93. The third-order valence-electron chi connectivity index (χ3n) is 2.71. The molecule has 5 nitrogen and oxygen atoms in total. The lowest BCUT2D eigenvalue weighted by atomic mass is 10.2. The van der Waals surface area contributed by atoms with E-state index in [1.807, 2.05) is 32.0 Å². The van der Waals surface area contributed by atoms with Crippen molar-refractivity contribution in [1.29, 1.82) is 0 Å². The lowest BCUT2D eigenvalue weighted by molar-refractivity contribution is -0.137. The molecule has 19 heavy (non-hydrogen) atoms. The third kappa shape index (κ3) is 5.06. The number of hydrogen-bond acceptors (Lipinski definition) is 2. The first kappa shape index (κ1) is 15.7. The van der Waals surface area contributed by atoms with Crippen LogP contribution in [0.4, 0.5) is 10.5 Å². The Kier molecular flexibility index (Phi) is 6.07. The summed E-state index contributed by atoms with van der Waals surface area (Å²) in [4.78, 5) is 24.1. The number of halogens is 1. The Balaban J connectivity index is 2.71. The quantitative estimate of drug-likeness (QED) is 0.777. The topological polar surface area (TPSA) is 69.6 Å². The summed E-state index contributed by atoms with van der Waals surface area (Å²) in [6, 6.07) is 5.52. The van der Waals surface area contributed by atoms with Gasteiger partial charge in [-0.3, -0.25) is 4.79 Å². The second-order valence-corrected chi connectivity index (χ2v) is 5.36. The van der Waals surface area contributed by atoms with Gasteiger partial charge in [0.25, 0.3) is 0 Å². The van der Waals surface area contributed by atoms with Crippen LogP contribution < -0.4 is 5.32 Å². The maximum atomic E-state index is 12.0. The summed E-state index contributed by atoms with van der Waals surface area (Å²) in [6.07, 6.45) is -0.0490. The summed E-state index contributed by atoms with van der Waals surface area (Å²) >= 11 is 2.18. The van der Waals surface area contributed by atoms with Gasteiger partial charge < -0.3 is 15.3 Å². The molecule has 0 atom stereocenters. The molecule has 0 saturated carbocycles. The molecular weight excluding hydrogens is 359 g/mol. The number of benzene rings is 1. The smallest absolute Gasteiger partial charge is 0.321 e. The Hall–Kier alpha value is -1.31. The molecule has 0 aromatic heterocycles. The number of carboxylic acid groups (broad SMARTS) is 1. The highest BCUT2D eigenvalue weighted by molar-refractivity contribution is 14.1. The van der Waals surface area contributed by atoms with E-state index in [-0.39, 0.29) is 19.0 Å². The maximum absolute atomic E-state index is 12.0. The molecule has 2 amide bonds. The lowest BCUT2D eigenvalue weighted by Gasteiger charge is -2.21.